The van der Waals surface area contributed by atoms with Gasteiger partial charge in [-0.3, -0.25) is 0 Å². The van der Waals surface area contributed by atoms with E-state index in [0.29, 0.717) is 12.3 Å². The number of hydrogen-bond acceptors (Lipinski definition) is 1. The summed E-state index contributed by atoms with van der Waals surface area (Å²) < 4.78 is 0. The van der Waals surface area contributed by atoms with E-state index in [2.05, 4.69) is 12.8 Å². The van der Waals surface area contributed by atoms with Gasteiger partial charge < -0.3 is 4.79 Å². The highest BCUT2D eigenvalue weighted by molar-refractivity contribution is 5.49. The van der Waals surface area contributed by atoms with Gasteiger partial charge in [0.15, 0.2) is 0 Å². The first-order chi connectivity index (χ1) is 4.31. The van der Waals surface area contributed by atoms with Crippen LogP contribution in [0.2, 0.25) is 0 Å². The third kappa shape index (κ3) is 5.10. The molecule has 1 heteroatoms. The molecule has 0 aliphatic rings. The van der Waals surface area contributed by atoms with Crippen LogP contribution >= 0.6 is 0 Å². The summed E-state index contributed by atoms with van der Waals surface area (Å²) >= 11 is 0. The molecule has 0 aromatic heterocycles. The predicted octanol–water partition coefficient (Wildman–Crippen LogP) is 1.62. The second-order valence-corrected chi connectivity index (χ2v) is 2.26. The Kier molecular flexibility index (Phi) is 4.91. The van der Waals surface area contributed by atoms with Crippen molar-refractivity contribution in [1.29, 1.82) is 0 Å². The first-order valence-corrected chi connectivity index (χ1v) is 3.18. The largest absolute Gasteiger partial charge is 0.303 e. The topological polar surface area (TPSA) is 17.1 Å². The van der Waals surface area contributed by atoms with E-state index in [0.717, 1.165) is 19.1 Å². The summed E-state index contributed by atoms with van der Waals surface area (Å²) in [5.41, 5.74) is 0. The summed E-state index contributed by atoms with van der Waals surface area (Å²) in [6.07, 6.45) is 8.35. The zero-order valence-electron chi connectivity index (χ0n) is 5.76. The van der Waals surface area contributed by atoms with Gasteiger partial charge in [-0.15, -0.1) is 12.3 Å². The van der Waals surface area contributed by atoms with Crippen molar-refractivity contribution in [1.82, 2.24) is 0 Å². The van der Waals surface area contributed by atoms with E-state index in [1.165, 1.54) is 0 Å². The molecule has 0 aliphatic carbocycles. The van der Waals surface area contributed by atoms with Crippen LogP contribution in [-0.2, 0) is 4.79 Å². The quantitative estimate of drug-likeness (QED) is 0.411. The van der Waals surface area contributed by atoms with E-state index in [-0.39, 0.29) is 0 Å². The normalized spacial score (nSPS) is 12.0. The monoisotopic (exact) mass is 124 g/mol. The van der Waals surface area contributed by atoms with Crippen molar-refractivity contribution in [2.24, 2.45) is 5.92 Å². The summed E-state index contributed by atoms with van der Waals surface area (Å²) in [5, 5.41) is 0. The molecule has 0 heterocycles. The number of rotatable bonds is 4. The van der Waals surface area contributed by atoms with Crippen LogP contribution in [0.15, 0.2) is 0 Å². The van der Waals surface area contributed by atoms with Crippen LogP contribution in [0.25, 0.3) is 0 Å². The standard InChI is InChI=1S/C8H12O/c1-3-5-8(2)6-4-7-9/h1,7-8H,4-6H2,2H3/t8-/m0/s1. The fourth-order valence-corrected chi connectivity index (χ4v) is 0.656. The molecule has 0 N–H and O–H groups in total. The lowest BCUT2D eigenvalue weighted by atomic mass is 10.0. The molecule has 1 nitrogen and oxygen atoms in total. The Labute approximate surface area is 56.5 Å². The molecule has 9 heavy (non-hydrogen) atoms. The highest BCUT2D eigenvalue weighted by atomic mass is 16.1. The number of terminal acetylenes is 1. The molecule has 0 saturated heterocycles. The van der Waals surface area contributed by atoms with Crippen LogP contribution in [0.5, 0.6) is 0 Å². The molecule has 0 aliphatic heterocycles. The third-order valence-electron chi connectivity index (χ3n) is 1.24. The highest BCUT2D eigenvalue weighted by Crippen LogP contribution is 2.06. The number of hydrogen-bond donors (Lipinski definition) is 0. The smallest absolute Gasteiger partial charge is 0.120 e. The zero-order valence-corrected chi connectivity index (χ0v) is 5.76. The fraction of sp³-hybridized carbons (Fsp3) is 0.625. The number of aldehydes is 1. The number of carbonyl (C=O) groups is 1. The van der Waals surface area contributed by atoms with Crippen LogP contribution in [0.4, 0.5) is 0 Å². The highest BCUT2D eigenvalue weighted by Gasteiger charge is 1.96. The van der Waals surface area contributed by atoms with Gasteiger partial charge in [-0.25, -0.2) is 0 Å². The zero-order chi connectivity index (χ0) is 7.11. The molecule has 0 amide bonds. The molecule has 0 aromatic carbocycles. The molecule has 0 saturated carbocycles. The summed E-state index contributed by atoms with van der Waals surface area (Å²) in [6.45, 7) is 2.06. The van der Waals surface area contributed by atoms with E-state index in [9.17, 15) is 4.79 Å². The molecule has 1 atom stereocenters. The average Bonchev–Trinajstić information content (AvgIpc) is 1.85. The predicted molar refractivity (Wildman–Crippen MR) is 37.9 cm³/mol. The molecule has 0 fully saturated rings. The van der Waals surface area contributed by atoms with Gasteiger partial charge in [-0.2, -0.15) is 0 Å². The average molecular weight is 124 g/mol. The fourth-order valence-electron chi connectivity index (χ4n) is 0.656. The maximum atomic E-state index is 9.86. The van der Waals surface area contributed by atoms with E-state index in [1.54, 1.807) is 0 Å². The molecule has 0 bridgehead atoms. The molecule has 50 valence electrons. The Bertz CT molecular complexity index is 110. The SMILES string of the molecule is C#CC[C@H](C)CCC=O. The van der Waals surface area contributed by atoms with Crippen LogP contribution < -0.4 is 0 Å². The first kappa shape index (κ1) is 8.23. The van der Waals surface area contributed by atoms with Gasteiger partial charge >= 0.3 is 0 Å². The van der Waals surface area contributed by atoms with Crippen molar-refractivity contribution in [2.75, 3.05) is 0 Å². The lowest BCUT2D eigenvalue weighted by Gasteiger charge is -2.01. The molecule has 0 spiro atoms. The summed E-state index contributed by atoms with van der Waals surface area (Å²) in [7, 11) is 0. The maximum Gasteiger partial charge on any atom is 0.120 e. The Morgan fingerprint density at radius 1 is 1.78 bits per heavy atom. The molecule has 0 unspecified atom stereocenters. The minimum Gasteiger partial charge on any atom is -0.303 e. The van der Waals surface area contributed by atoms with E-state index in [1.807, 2.05) is 0 Å². The maximum absolute atomic E-state index is 9.86. The summed E-state index contributed by atoms with van der Waals surface area (Å²) in [5.74, 6) is 3.06. The lowest BCUT2D eigenvalue weighted by molar-refractivity contribution is -0.108. The molecular formula is C8H12O. The van der Waals surface area contributed by atoms with Crippen molar-refractivity contribution in [3.63, 3.8) is 0 Å². The Balaban J connectivity index is 3.17. The third-order valence-corrected chi connectivity index (χ3v) is 1.24. The second kappa shape index (κ2) is 5.37. The van der Waals surface area contributed by atoms with Crippen molar-refractivity contribution in [3.05, 3.63) is 0 Å². The van der Waals surface area contributed by atoms with Crippen LogP contribution in [-0.4, -0.2) is 6.29 Å². The number of carbonyl (C=O) groups excluding carboxylic acids is 1. The van der Waals surface area contributed by atoms with Gasteiger partial charge in [0.2, 0.25) is 0 Å². The second-order valence-electron chi connectivity index (χ2n) is 2.26. The van der Waals surface area contributed by atoms with Gasteiger partial charge in [0.05, 0.1) is 0 Å². The molecular weight excluding hydrogens is 112 g/mol. The lowest BCUT2D eigenvalue weighted by Crippen LogP contribution is -1.92. The summed E-state index contributed by atoms with van der Waals surface area (Å²) in [6, 6.07) is 0. The van der Waals surface area contributed by atoms with Gasteiger partial charge in [0.25, 0.3) is 0 Å². The Morgan fingerprint density at radius 2 is 2.44 bits per heavy atom. The molecule has 0 radical (unpaired) electrons. The van der Waals surface area contributed by atoms with Crippen LogP contribution in [0, 0.1) is 18.3 Å². The van der Waals surface area contributed by atoms with Gasteiger partial charge in [0, 0.05) is 12.8 Å². The Morgan fingerprint density at radius 3 is 2.89 bits per heavy atom. The van der Waals surface area contributed by atoms with E-state index < -0.39 is 0 Å². The van der Waals surface area contributed by atoms with Crippen LogP contribution in [0.3, 0.4) is 0 Å². The summed E-state index contributed by atoms with van der Waals surface area (Å²) in [4.78, 5) is 9.86. The van der Waals surface area contributed by atoms with Gasteiger partial charge in [-0.1, -0.05) is 6.92 Å². The van der Waals surface area contributed by atoms with Crippen molar-refractivity contribution < 1.29 is 4.79 Å². The van der Waals surface area contributed by atoms with E-state index in [4.69, 9.17) is 6.42 Å². The van der Waals surface area contributed by atoms with Gasteiger partial charge in [0.1, 0.15) is 6.29 Å². The minimum absolute atomic E-state index is 0.500. The molecule has 0 rings (SSSR count). The van der Waals surface area contributed by atoms with Crippen molar-refractivity contribution >= 4 is 6.29 Å². The molecule has 0 aromatic rings. The van der Waals surface area contributed by atoms with Crippen LogP contribution in [0.1, 0.15) is 26.2 Å². The minimum atomic E-state index is 0.500. The van der Waals surface area contributed by atoms with E-state index >= 15 is 0 Å². The van der Waals surface area contributed by atoms with Crippen molar-refractivity contribution in [3.8, 4) is 12.3 Å². The van der Waals surface area contributed by atoms with Crippen molar-refractivity contribution in [2.45, 2.75) is 26.2 Å². The van der Waals surface area contributed by atoms with Gasteiger partial charge in [-0.05, 0) is 12.3 Å². The first-order valence-electron chi connectivity index (χ1n) is 3.18. The Hall–Kier alpha value is -0.770.